The fourth-order valence-electron chi connectivity index (χ4n) is 1.31. The topological polar surface area (TPSA) is 29.1 Å². The number of hydrogen-bond donors (Lipinski definition) is 1. The lowest BCUT2D eigenvalue weighted by Crippen LogP contribution is -1.91. The Kier molecular flexibility index (Phi) is 3.46. The van der Waals surface area contributed by atoms with Gasteiger partial charge in [0.2, 0.25) is 0 Å². The van der Waals surface area contributed by atoms with Crippen LogP contribution in [0.15, 0.2) is 30.5 Å². The molecule has 0 heterocycles. The number of anilines is 1. The van der Waals surface area contributed by atoms with Crippen molar-refractivity contribution in [2.45, 2.75) is 20.8 Å². The number of hydrogen-bond acceptors (Lipinski definition) is 2. The molecule has 0 fully saturated rings. The highest BCUT2D eigenvalue weighted by Crippen LogP contribution is 2.13. The van der Waals surface area contributed by atoms with Gasteiger partial charge in [-0.2, -0.15) is 0 Å². The summed E-state index contributed by atoms with van der Waals surface area (Å²) in [4.78, 5) is 10.6. The van der Waals surface area contributed by atoms with Crippen molar-refractivity contribution < 1.29 is 4.79 Å². The van der Waals surface area contributed by atoms with Gasteiger partial charge in [-0.05, 0) is 50.1 Å². The van der Waals surface area contributed by atoms with Gasteiger partial charge in [-0.25, -0.2) is 0 Å². The van der Waals surface area contributed by atoms with Crippen LogP contribution in [0.25, 0.3) is 0 Å². The summed E-state index contributed by atoms with van der Waals surface area (Å²) >= 11 is 0. The van der Waals surface area contributed by atoms with Gasteiger partial charge in [0.1, 0.15) is 0 Å². The van der Waals surface area contributed by atoms with E-state index < -0.39 is 0 Å². The van der Waals surface area contributed by atoms with E-state index in [2.05, 4.69) is 11.4 Å². The number of aryl methyl sites for hydroxylation is 2. The quantitative estimate of drug-likeness (QED) is 0.741. The van der Waals surface area contributed by atoms with Crippen molar-refractivity contribution in [2.24, 2.45) is 0 Å². The van der Waals surface area contributed by atoms with Gasteiger partial charge in [-0.1, -0.05) is 6.07 Å². The Hall–Kier alpha value is -1.57. The first-order valence-electron chi connectivity index (χ1n) is 4.60. The van der Waals surface area contributed by atoms with E-state index in [4.69, 9.17) is 0 Å². The van der Waals surface area contributed by atoms with Gasteiger partial charge >= 0.3 is 0 Å². The minimum absolute atomic E-state index is 0.0434. The van der Waals surface area contributed by atoms with E-state index in [9.17, 15) is 4.79 Å². The second-order valence-electron chi connectivity index (χ2n) is 3.46. The first kappa shape index (κ1) is 10.5. The SMILES string of the molecule is CC(=O)/C=C/Nc1cc(C)cc(C)c1. The van der Waals surface area contributed by atoms with Gasteiger partial charge in [-0.3, -0.25) is 4.79 Å². The molecule has 1 N–H and O–H groups in total. The van der Waals surface area contributed by atoms with Crippen LogP contribution >= 0.6 is 0 Å². The summed E-state index contributed by atoms with van der Waals surface area (Å²) in [6.07, 6.45) is 3.17. The number of carbonyl (C=O) groups excluding carboxylic acids is 1. The zero-order valence-electron chi connectivity index (χ0n) is 8.79. The van der Waals surface area contributed by atoms with Crippen LogP contribution in [0.1, 0.15) is 18.1 Å². The Morgan fingerprint density at radius 2 is 1.79 bits per heavy atom. The van der Waals surface area contributed by atoms with Crippen molar-refractivity contribution in [3.63, 3.8) is 0 Å². The van der Waals surface area contributed by atoms with Crippen LogP contribution in [-0.4, -0.2) is 5.78 Å². The highest BCUT2D eigenvalue weighted by atomic mass is 16.1. The van der Waals surface area contributed by atoms with Crippen LogP contribution in [0.5, 0.6) is 0 Å². The van der Waals surface area contributed by atoms with Crippen LogP contribution in [-0.2, 0) is 4.79 Å². The Morgan fingerprint density at radius 1 is 1.21 bits per heavy atom. The molecule has 2 nitrogen and oxygen atoms in total. The summed E-state index contributed by atoms with van der Waals surface area (Å²) in [6, 6.07) is 6.19. The van der Waals surface area contributed by atoms with Crippen LogP contribution < -0.4 is 5.32 Å². The van der Waals surface area contributed by atoms with E-state index in [1.807, 2.05) is 26.0 Å². The normalized spacial score (nSPS) is 10.5. The van der Waals surface area contributed by atoms with Crippen LogP contribution in [0.4, 0.5) is 5.69 Å². The van der Waals surface area contributed by atoms with Gasteiger partial charge in [0.25, 0.3) is 0 Å². The van der Waals surface area contributed by atoms with Crippen molar-refractivity contribution in [3.05, 3.63) is 41.6 Å². The average molecular weight is 189 g/mol. The zero-order valence-corrected chi connectivity index (χ0v) is 8.79. The number of rotatable bonds is 3. The Labute approximate surface area is 84.6 Å². The van der Waals surface area contributed by atoms with Crippen molar-refractivity contribution in [1.29, 1.82) is 0 Å². The highest BCUT2D eigenvalue weighted by Gasteiger charge is 1.92. The lowest BCUT2D eigenvalue weighted by Gasteiger charge is -2.03. The van der Waals surface area contributed by atoms with E-state index in [-0.39, 0.29) is 5.78 Å². The standard InChI is InChI=1S/C12H15NO/c1-9-6-10(2)8-12(7-9)13-5-4-11(3)14/h4-8,13H,1-3H3/b5-4+. The Morgan fingerprint density at radius 3 is 2.29 bits per heavy atom. The molecule has 0 unspecified atom stereocenters. The predicted molar refractivity (Wildman–Crippen MR) is 59.4 cm³/mol. The van der Waals surface area contributed by atoms with E-state index in [0.717, 1.165) is 5.69 Å². The fourth-order valence-corrected chi connectivity index (χ4v) is 1.31. The van der Waals surface area contributed by atoms with Crippen molar-refractivity contribution in [1.82, 2.24) is 0 Å². The summed E-state index contributed by atoms with van der Waals surface area (Å²) in [5.41, 5.74) is 3.44. The van der Waals surface area contributed by atoms with Gasteiger partial charge in [0.15, 0.2) is 5.78 Å². The molecule has 0 aliphatic heterocycles. The molecule has 0 aliphatic rings. The van der Waals surface area contributed by atoms with Crippen LogP contribution in [0.3, 0.4) is 0 Å². The van der Waals surface area contributed by atoms with Crippen LogP contribution in [0, 0.1) is 13.8 Å². The first-order valence-corrected chi connectivity index (χ1v) is 4.60. The minimum Gasteiger partial charge on any atom is -0.362 e. The average Bonchev–Trinajstić information content (AvgIpc) is 2.01. The number of nitrogens with one attached hydrogen (secondary N) is 1. The second-order valence-corrected chi connectivity index (χ2v) is 3.46. The molecule has 0 atom stereocenters. The molecule has 0 bridgehead atoms. The Balaban J connectivity index is 2.72. The van der Waals surface area contributed by atoms with Crippen molar-refractivity contribution in [3.8, 4) is 0 Å². The molecule has 0 saturated carbocycles. The third-order valence-electron chi connectivity index (χ3n) is 1.79. The number of benzene rings is 1. The highest BCUT2D eigenvalue weighted by molar-refractivity contribution is 5.87. The summed E-state index contributed by atoms with van der Waals surface area (Å²) < 4.78 is 0. The van der Waals surface area contributed by atoms with E-state index >= 15 is 0 Å². The number of carbonyl (C=O) groups is 1. The van der Waals surface area contributed by atoms with E-state index in [0.29, 0.717) is 0 Å². The summed E-state index contributed by atoms with van der Waals surface area (Å²) in [7, 11) is 0. The van der Waals surface area contributed by atoms with Crippen LogP contribution in [0.2, 0.25) is 0 Å². The van der Waals surface area contributed by atoms with Crippen molar-refractivity contribution in [2.75, 3.05) is 5.32 Å². The minimum atomic E-state index is 0.0434. The maximum absolute atomic E-state index is 10.6. The maximum Gasteiger partial charge on any atom is 0.154 e. The molecular weight excluding hydrogens is 174 g/mol. The van der Waals surface area contributed by atoms with Gasteiger partial charge in [-0.15, -0.1) is 0 Å². The maximum atomic E-state index is 10.6. The molecule has 0 aromatic heterocycles. The smallest absolute Gasteiger partial charge is 0.154 e. The second kappa shape index (κ2) is 4.61. The summed E-state index contributed by atoms with van der Waals surface area (Å²) in [5.74, 6) is 0.0434. The predicted octanol–water partition coefficient (Wildman–Crippen LogP) is 2.82. The molecule has 1 aromatic rings. The molecule has 74 valence electrons. The molecule has 0 radical (unpaired) electrons. The Bertz CT molecular complexity index is 346. The molecule has 0 spiro atoms. The lowest BCUT2D eigenvalue weighted by atomic mass is 10.1. The van der Waals surface area contributed by atoms with E-state index in [1.165, 1.54) is 24.1 Å². The van der Waals surface area contributed by atoms with Crippen molar-refractivity contribution >= 4 is 11.5 Å². The molecule has 1 rings (SSSR count). The van der Waals surface area contributed by atoms with Gasteiger partial charge in [0, 0.05) is 11.9 Å². The summed E-state index contributed by atoms with van der Waals surface area (Å²) in [5, 5.41) is 3.06. The number of allylic oxidation sites excluding steroid dienone is 1. The largest absolute Gasteiger partial charge is 0.362 e. The third kappa shape index (κ3) is 3.44. The zero-order chi connectivity index (χ0) is 10.6. The lowest BCUT2D eigenvalue weighted by molar-refractivity contribution is -0.112. The fraction of sp³-hybridized carbons (Fsp3) is 0.250. The first-order chi connectivity index (χ1) is 6.58. The summed E-state index contributed by atoms with van der Waals surface area (Å²) in [6.45, 7) is 5.62. The molecule has 0 saturated heterocycles. The molecule has 2 heteroatoms. The monoisotopic (exact) mass is 189 g/mol. The molecule has 1 aromatic carbocycles. The molecule has 14 heavy (non-hydrogen) atoms. The third-order valence-corrected chi connectivity index (χ3v) is 1.79. The molecule has 0 amide bonds. The molecule has 0 aliphatic carbocycles. The molecular formula is C12H15NO. The number of ketones is 1. The van der Waals surface area contributed by atoms with E-state index in [1.54, 1.807) is 6.20 Å². The van der Waals surface area contributed by atoms with Gasteiger partial charge < -0.3 is 5.32 Å². The van der Waals surface area contributed by atoms with Gasteiger partial charge in [0.05, 0.1) is 0 Å².